The summed E-state index contributed by atoms with van der Waals surface area (Å²) in [6.45, 7) is -0.452. The second-order valence-electron chi connectivity index (χ2n) is 5.53. The van der Waals surface area contributed by atoms with Gasteiger partial charge in [0, 0.05) is 6.42 Å². The molecular weight excluding hydrogens is 348 g/mol. The Morgan fingerprint density at radius 1 is 0.923 bits per heavy atom. The molecule has 142 valence electrons. The number of amides is 1. The van der Waals surface area contributed by atoms with Crippen molar-refractivity contribution in [1.82, 2.24) is 10.6 Å². The van der Waals surface area contributed by atoms with Crippen molar-refractivity contribution in [3.05, 3.63) is 29.8 Å². The molecular formula is C16H20N2O8. The van der Waals surface area contributed by atoms with Gasteiger partial charge in [0.05, 0.1) is 6.54 Å². The Labute approximate surface area is 148 Å². The van der Waals surface area contributed by atoms with Crippen molar-refractivity contribution in [2.45, 2.75) is 31.3 Å². The number of benzene rings is 1. The van der Waals surface area contributed by atoms with E-state index in [1.165, 1.54) is 12.1 Å². The summed E-state index contributed by atoms with van der Waals surface area (Å²) in [6.07, 6.45) is -0.667. The van der Waals surface area contributed by atoms with Crippen molar-refractivity contribution in [1.29, 1.82) is 0 Å². The number of carbonyl (C=O) groups is 4. The van der Waals surface area contributed by atoms with Gasteiger partial charge in [0.2, 0.25) is 5.91 Å². The number of carbonyl (C=O) groups excluding carboxylic acids is 1. The monoisotopic (exact) mass is 368 g/mol. The van der Waals surface area contributed by atoms with E-state index >= 15 is 0 Å². The molecule has 0 saturated carbocycles. The Morgan fingerprint density at radius 2 is 1.50 bits per heavy atom. The van der Waals surface area contributed by atoms with E-state index in [1.54, 1.807) is 12.1 Å². The molecule has 0 bridgehead atoms. The largest absolute Gasteiger partial charge is 0.508 e. The Kier molecular flexibility index (Phi) is 8.03. The highest BCUT2D eigenvalue weighted by Crippen LogP contribution is 2.11. The number of carboxylic acids is 3. The van der Waals surface area contributed by atoms with E-state index in [0.29, 0.717) is 5.56 Å². The van der Waals surface area contributed by atoms with Gasteiger partial charge in [-0.2, -0.15) is 0 Å². The predicted octanol–water partition coefficient (Wildman–Crippen LogP) is -0.588. The summed E-state index contributed by atoms with van der Waals surface area (Å²) >= 11 is 0. The van der Waals surface area contributed by atoms with Crippen LogP contribution in [0, 0.1) is 0 Å². The molecule has 0 aromatic heterocycles. The first-order valence-corrected chi connectivity index (χ1v) is 7.67. The third-order valence-electron chi connectivity index (χ3n) is 3.46. The van der Waals surface area contributed by atoms with E-state index in [2.05, 4.69) is 10.6 Å². The maximum absolute atomic E-state index is 11.8. The normalized spacial score (nSPS) is 12.8. The number of carboxylic acid groups (broad SMARTS) is 3. The van der Waals surface area contributed by atoms with Crippen molar-refractivity contribution in [3.8, 4) is 5.75 Å². The van der Waals surface area contributed by atoms with Crippen molar-refractivity contribution < 1.29 is 39.6 Å². The van der Waals surface area contributed by atoms with Crippen molar-refractivity contribution in [2.24, 2.45) is 0 Å². The predicted molar refractivity (Wildman–Crippen MR) is 87.7 cm³/mol. The molecule has 1 aromatic carbocycles. The molecule has 0 unspecified atom stereocenters. The van der Waals surface area contributed by atoms with Crippen LogP contribution in [0.3, 0.4) is 0 Å². The molecule has 0 heterocycles. The lowest BCUT2D eigenvalue weighted by molar-refractivity contribution is -0.143. The molecule has 10 heteroatoms. The minimum absolute atomic E-state index is 0.0361. The highest BCUT2D eigenvalue weighted by atomic mass is 16.4. The topological polar surface area (TPSA) is 173 Å². The van der Waals surface area contributed by atoms with E-state index in [1.807, 2.05) is 0 Å². The first-order chi connectivity index (χ1) is 12.2. The SMILES string of the molecule is O=C(O)CC[C@H](NC(=O)CN[C@@H](Cc1ccc(O)cc1)C(=O)O)C(=O)O. The smallest absolute Gasteiger partial charge is 0.326 e. The summed E-state index contributed by atoms with van der Waals surface area (Å²) in [5.74, 6) is -4.50. The third-order valence-corrected chi connectivity index (χ3v) is 3.46. The van der Waals surface area contributed by atoms with Crippen LogP contribution in [0.1, 0.15) is 18.4 Å². The van der Waals surface area contributed by atoms with Crippen LogP contribution in [-0.2, 0) is 25.6 Å². The Balaban J connectivity index is 2.57. The molecule has 1 aromatic rings. The fraction of sp³-hybridized carbons (Fsp3) is 0.375. The van der Waals surface area contributed by atoms with Crippen molar-refractivity contribution in [2.75, 3.05) is 6.54 Å². The summed E-state index contributed by atoms with van der Waals surface area (Å²) in [4.78, 5) is 44.6. The van der Waals surface area contributed by atoms with Crippen LogP contribution in [0.15, 0.2) is 24.3 Å². The molecule has 10 nitrogen and oxygen atoms in total. The molecule has 0 aliphatic rings. The van der Waals surface area contributed by atoms with Crippen LogP contribution >= 0.6 is 0 Å². The van der Waals surface area contributed by atoms with Gasteiger partial charge in [-0.05, 0) is 30.5 Å². The molecule has 2 atom stereocenters. The van der Waals surface area contributed by atoms with E-state index in [9.17, 15) is 29.4 Å². The van der Waals surface area contributed by atoms with Gasteiger partial charge in [-0.25, -0.2) is 4.79 Å². The van der Waals surface area contributed by atoms with Gasteiger partial charge in [-0.3, -0.25) is 19.7 Å². The lowest BCUT2D eigenvalue weighted by atomic mass is 10.1. The fourth-order valence-corrected chi connectivity index (χ4v) is 2.10. The average molecular weight is 368 g/mol. The zero-order valence-electron chi connectivity index (χ0n) is 13.7. The number of rotatable bonds is 11. The second kappa shape index (κ2) is 9.99. The average Bonchev–Trinajstić information content (AvgIpc) is 2.56. The minimum atomic E-state index is -1.38. The van der Waals surface area contributed by atoms with Gasteiger partial charge in [0.1, 0.15) is 17.8 Å². The minimum Gasteiger partial charge on any atom is -0.508 e. The highest BCUT2D eigenvalue weighted by Gasteiger charge is 2.23. The third kappa shape index (κ3) is 7.62. The van der Waals surface area contributed by atoms with Gasteiger partial charge in [-0.1, -0.05) is 12.1 Å². The fourth-order valence-electron chi connectivity index (χ4n) is 2.10. The van der Waals surface area contributed by atoms with E-state index in [0.717, 1.165) is 0 Å². The zero-order chi connectivity index (χ0) is 19.7. The first-order valence-electron chi connectivity index (χ1n) is 7.67. The molecule has 1 rings (SSSR count). The van der Waals surface area contributed by atoms with Gasteiger partial charge >= 0.3 is 17.9 Å². The van der Waals surface area contributed by atoms with E-state index in [4.69, 9.17) is 10.2 Å². The number of phenolic OH excluding ortho intramolecular Hbond substituents is 1. The number of aromatic hydroxyl groups is 1. The van der Waals surface area contributed by atoms with Crippen LogP contribution in [-0.4, -0.2) is 62.9 Å². The number of aliphatic carboxylic acids is 3. The van der Waals surface area contributed by atoms with Crippen LogP contribution < -0.4 is 10.6 Å². The maximum Gasteiger partial charge on any atom is 0.326 e. The van der Waals surface area contributed by atoms with Gasteiger partial charge < -0.3 is 25.7 Å². The van der Waals surface area contributed by atoms with Gasteiger partial charge in [0.25, 0.3) is 0 Å². The van der Waals surface area contributed by atoms with Crippen LogP contribution in [0.25, 0.3) is 0 Å². The number of hydrogen-bond acceptors (Lipinski definition) is 6. The summed E-state index contributed by atoms with van der Waals surface area (Å²) in [5.41, 5.74) is 0.618. The molecule has 0 spiro atoms. The van der Waals surface area contributed by atoms with Gasteiger partial charge in [-0.15, -0.1) is 0 Å². The summed E-state index contributed by atoms with van der Waals surface area (Å²) in [5, 5.41) is 40.6. The second-order valence-corrected chi connectivity index (χ2v) is 5.53. The number of nitrogens with one attached hydrogen (secondary N) is 2. The molecule has 0 aliphatic heterocycles. The Bertz CT molecular complexity index is 659. The lowest BCUT2D eigenvalue weighted by Gasteiger charge is -2.17. The Morgan fingerprint density at radius 3 is 2.00 bits per heavy atom. The van der Waals surface area contributed by atoms with Gasteiger partial charge in [0.15, 0.2) is 0 Å². The van der Waals surface area contributed by atoms with E-state index in [-0.39, 0.29) is 18.6 Å². The summed E-state index contributed by atoms with van der Waals surface area (Å²) in [7, 11) is 0. The molecule has 6 N–H and O–H groups in total. The summed E-state index contributed by atoms with van der Waals surface area (Å²) < 4.78 is 0. The molecule has 0 radical (unpaired) electrons. The molecule has 0 fully saturated rings. The Hall–Kier alpha value is -3.14. The molecule has 0 aliphatic carbocycles. The molecule has 26 heavy (non-hydrogen) atoms. The molecule has 1 amide bonds. The maximum atomic E-state index is 11.8. The zero-order valence-corrected chi connectivity index (χ0v) is 13.7. The van der Waals surface area contributed by atoms with Crippen molar-refractivity contribution in [3.63, 3.8) is 0 Å². The highest BCUT2D eigenvalue weighted by molar-refractivity contribution is 5.85. The first kappa shape index (κ1) is 20.9. The lowest BCUT2D eigenvalue weighted by Crippen LogP contribution is -2.48. The number of phenols is 1. The van der Waals surface area contributed by atoms with E-state index < -0.39 is 48.9 Å². The standard InChI is InChI=1S/C16H20N2O8/c19-10-3-1-9(2-4-10)7-12(16(25)26)17-8-13(20)18-11(15(23)24)5-6-14(21)22/h1-4,11-12,17,19H,5-8H2,(H,18,20)(H,21,22)(H,23,24)(H,25,26)/t11-,12-/m0/s1. The molecule has 0 saturated heterocycles. The summed E-state index contributed by atoms with van der Waals surface area (Å²) in [6, 6.07) is 3.41. The van der Waals surface area contributed by atoms with Crippen LogP contribution in [0.4, 0.5) is 0 Å². The quantitative estimate of drug-likeness (QED) is 0.298. The van der Waals surface area contributed by atoms with Crippen molar-refractivity contribution >= 4 is 23.8 Å². The van der Waals surface area contributed by atoms with Crippen LogP contribution in [0.5, 0.6) is 5.75 Å². The van der Waals surface area contributed by atoms with Crippen LogP contribution in [0.2, 0.25) is 0 Å². The number of hydrogen-bond donors (Lipinski definition) is 6.